The molecular weight excluding hydrogens is 366 g/mol. The lowest BCUT2D eigenvalue weighted by Crippen LogP contribution is -2.64. The van der Waals surface area contributed by atoms with Crippen LogP contribution < -0.4 is 5.73 Å². The molecule has 3 aromatic carbocycles. The average molecular weight is 389 g/mol. The fourth-order valence-corrected chi connectivity index (χ4v) is 4.10. The lowest BCUT2D eigenvalue weighted by molar-refractivity contribution is -0.146. The number of carboxylic acid groups (broad SMARTS) is 2. The SMILES string of the molecule is N[C@@](CCC(=O)O)(C(=O)O)C(c1ccccc1)(c1ccccc1)c1ccccc1. The highest BCUT2D eigenvalue weighted by Crippen LogP contribution is 2.48. The first-order chi connectivity index (χ1) is 13.9. The van der Waals surface area contributed by atoms with E-state index in [1.54, 1.807) is 0 Å². The minimum atomic E-state index is -1.91. The van der Waals surface area contributed by atoms with Crippen LogP contribution in [0.25, 0.3) is 0 Å². The molecule has 0 aliphatic carbocycles. The number of benzene rings is 3. The Morgan fingerprint density at radius 1 is 0.690 bits per heavy atom. The minimum absolute atomic E-state index is 0.240. The van der Waals surface area contributed by atoms with E-state index in [1.165, 1.54) is 0 Å². The molecule has 0 spiro atoms. The monoisotopic (exact) mass is 389 g/mol. The van der Waals surface area contributed by atoms with E-state index in [-0.39, 0.29) is 12.8 Å². The van der Waals surface area contributed by atoms with Crippen LogP contribution in [-0.2, 0) is 15.0 Å². The Kier molecular flexibility index (Phi) is 5.80. The van der Waals surface area contributed by atoms with Gasteiger partial charge in [0.1, 0.15) is 5.54 Å². The molecular formula is C24H23NO4. The quantitative estimate of drug-likeness (QED) is 0.511. The van der Waals surface area contributed by atoms with Crippen LogP contribution in [0.2, 0.25) is 0 Å². The summed E-state index contributed by atoms with van der Waals surface area (Å²) in [7, 11) is 0. The predicted octanol–water partition coefficient (Wildman–Crippen LogP) is 3.67. The smallest absolute Gasteiger partial charge is 0.325 e. The van der Waals surface area contributed by atoms with Crippen molar-refractivity contribution in [3.63, 3.8) is 0 Å². The van der Waals surface area contributed by atoms with E-state index < -0.39 is 22.9 Å². The van der Waals surface area contributed by atoms with Gasteiger partial charge in [0.15, 0.2) is 0 Å². The van der Waals surface area contributed by atoms with Gasteiger partial charge < -0.3 is 15.9 Å². The maximum atomic E-state index is 12.7. The lowest BCUT2D eigenvalue weighted by atomic mass is 9.56. The first-order valence-corrected chi connectivity index (χ1v) is 9.33. The summed E-state index contributed by atoms with van der Waals surface area (Å²) in [5.74, 6) is -2.35. The number of hydrogen-bond donors (Lipinski definition) is 3. The van der Waals surface area contributed by atoms with Gasteiger partial charge in [0.05, 0.1) is 5.41 Å². The Labute approximate surface area is 169 Å². The molecule has 0 aromatic heterocycles. The largest absolute Gasteiger partial charge is 0.481 e. The topological polar surface area (TPSA) is 101 Å². The summed E-state index contributed by atoms with van der Waals surface area (Å²) >= 11 is 0. The maximum absolute atomic E-state index is 12.7. The Morgan fingerprint density at radius 3 is 1.31 bits per heavy atom. The Hall–Kier alpha value is -3.44. The van der Waals surface area contributed by atoms with Gasteiger partial charge in [-0.1, -0.05) is 91.0 Å². The summed E-state index contributed by atoms with van der Waals surface area (Å²) in [5, 5.41) is 19.6. The summed E-state index contributed by atoms with van der Waals surface area (Å²) in [6.07, 6.45) is -0.604. The maximum Gasteiger partial charge on any atom is 0.325 e. The van der Waals surface area contributed by atoms with Crippen LogP contribution >= 0.6 is 0 Å². The summed E-state index contributed by atoms with van der Waals surface area (Å²) in [6, 6.07) is 27.5. The molecule has 3 aromatic rings. The second kappa shape index (κ2) is 8.29. The van der Waals surface area contributed by atoms with Crippen LogP contribution in [0.1, 0.15) is 29.5 Å². The van der Waals surface area contributed by atoms with E-state index in [0.29, 0.717) is 16.7 Å². The van der Waals surface area contributed by atoms with E-state index in [2.05, 4.69) is 0 Å². The van der Waals surface area contributed by atoms with Crippen molar-refractivity contribution >= 4 is 11.9 Å². The molecule has 4 N–H and O–H groups in total. The zero-order valence-corrected chi connectivity index (χ0v) is 15.9. The summed E-state index contributed by atoms with van der Waals surface area (Å²) in [5.41, 5.74) is 5.56. The molecule has 0 saturated carbocycles. The average Bonchev–Trinajstić information content (AvgIpc) is 2.75. The number of carbonyl (C=O) groups is 2. The zero-order valence-electron chi connectivity index (χ0n) is 15.9. The Bertz CT molecular complexity index is 877. The molecule has 0 heterocycles. The third-order valence-corrected chi connectivity index (χ3v) is 5.40. The molecule has 29 heavy (non-hydrogen) atoms. The standard InChI is InChI=1S/C24H23NO4/c25-23(22(28)29,17-16-21(26)27)24(18-10-4-1-5-11-18,19-12-6-2-7-13-19)20-14-8-3-9-15-20/h1-15H,16-17,25H2,(H,26,27)(H,28,29)/t23-/m0/s1. The van der Waals surface area contributed by atoms with Gasteiger partial charge in [0.2, 0.25) is 0 Å². The van der Waals surface area contributed by atoms with Crippen molar-refractivity contribution in [3.8, 4) is 0 Å². The lowest BCUT2D eigenvalue weighted by Gasteiger charge is -2.47. The second-order valence-electron chi connectivity index (χ2n) is 7.02. The molecule has 0 radical (unpaired) electrons. The van der Waals surface area contributed by atoms with Crippen molar-refractivity contribution in [3.05, 3.63) is 108 Å². The molecule has 3 rings (SSSR count). The highest BCUT2D eigenvalue weighted by atomic mass is 16.4. The van der Waals surface area contributed by atoms with Crippen molar-refractivity contribution < 1.29 is 19.8 Å². The van der Waals surface area contributed by atoms with Crippen LogP contribution in [0.5, 0.6) is 0 Å². The summed E-state index contributed by atoms with van der Waals surface area (Å²) in [4.78, 5) is 24.0. The van der Waals surface area contributed by atoms with E-state index in [9.17, 15) is 19.8 Å². The molecule has 0 saturated heterocycles. The van der Waals surface area contributed by atoms with Gasteiger partial charge >= 0.3 is 11.9 Å². The molecule has 0 aliphatic heterocycles. The van der Waals surface area contributed by atoms with Gasteiger partial charge in [-0.05, 0) is 23.1 Å². The van der Waals surface area contributed by atoms with Gasteiger partial charge in [0, 0.05) is 6.42 Å². The third-order valence-electron chi connectivity index (χ3n) is 5.40. The van der Waals surface area contributed by atoms with Crippen molar-refractivity contribution in [2.75, 3.05) is 0 Å². The predicted molar refractivity (Wildman–Crippen MR) is 111 cm³/mol. The Balaban J connectivity index is 2.44. The number of carboxylic acids is 2. The minimum Gasteiger partial charge on any atom is -0.481 e. The van der Waals surface area contributed by atoms with E-state index in [1.807, 2.05) is 91.0 Å². The Morgan fingerprint density at radius 2 is 1.03 bits per heavy atom. The van der Waals surface area contributed by atoms with Gasteiger partial charge in [0.25, 0.3) is 0 Å². The van der Waals surface area contributed by atoms with Gasteiger partial charge in [-0.3, -0.25) is 9.59 Å². The van der Waals surface area contributed by atoms with Crippen molar-refractivity contribution in [1.82, 2.24) is 0 Å². The molecule has 1 atom stereocenters. The molecule has 0 fully saturated rings. The molecule has 0 unspecified atom stereocenters. The van der Waals surface area contributed by atoms with Crippen LogP contribution in [0.3, 0.4) is 0 Å². The van der Waals surface area contributed by atoms with Crippen molar-refractivity contribution in [2.24, 2.45) is 5.73 Å². The highest BCUT2D eigenvalue weighted by molar-refractivity contribution is 5.85. The fourth-order valence-electron chi connectivity index (χ4n) is 4.10. The number of aliphatic carboxylic acids is 2. The fraction of sp³-hybridized carbons (Fsp3) is 0.167. The molecule has 0 amide bonds. The number of hydrogen-bond acceptors (Lipinski definition) is 3. The zero-order chi connectivity index (χ0) is 20.9. The van der Waals surface area contributed by atoms with Gasteiger partial charge in [-0.2, -0.15) is 0 Å². The van der Waals surface area contributed by atoms with Crippen LogP contribution in [0, 0.1) is 0 Å². The van der Waals surface area contributed by atoms with Crippen molar-refractivity contribution in [1.29, 1.82) is 0 Å². The molecule has 148 valence electrons. The van der Waals surface area contributed by atoms with Crippen LogP contribution in [-0.4, -0.2) is 27.7 Å². The normalized spacial score (nSPS) is 13.4. The molecule has 5 nitrogen and oxygen atoms in total. The van der Waals surface area contributed by atoms with E-state index in [4.69, 9.17) is 5.73 Å². The first-order valence-electron chi connectivity index (χ1n) is 9.33. The van der Waals surface area contributed by atoms with Crippen molar-refractivity contribution in [2.45, 2.75) is 23.8 Å². The molecule has 0 bridgehead atoms. The summed E-state index contributed by atoms with van der Waals surface area (Å²) in [6.45, 7) is 0. The first kappa shape index (κ1) is 20.3. The van der Waals surface area contributed by atoms with Gasteiger partial charge in [-0.25, -0.2) is 0 Å². The third kappa shape index (κ3) is 3.52. The molecule has 0 aliphatic rings. The second-order valence-corrected chi connectivity index (χ2v) is 7.02. The van der Waals surface area contributed by atoms with Crippen LogP contribution in [0.4, 0.5) is 0 Å². The van der Waals surface area contributed by atoms with Crippen LogP contribution in [0.15, 0.2) is 91.0 Å². The van der Waals surface area contributed by atoms with E-state index >= 15 is 0 Å². The van der Waals surface area contributed by atoms with E-state index in [0.717, 1.165) is 0 Å². The number of rotatable bonds is 8. The molecule has 5 heteroatoms. The summed E-state index contributed by atoms with van der Waals surface area (Å²) < 4.78 is 0. The highest BCUT2D eigenvalue weighted by Gasteiger charge is 2.57. The van der Waals surface area contributed by atoms with Gasteiger partial charge in [-0.15, -0.1) is 0 Å². The number of nitrogens with two attached hydrogens (primary N) is 1.